The first kappa shape index (κ1) is 30.6. The summed E-state index contributed by atoms with van der Waals surface area (Å²) in [5.74, 6) is -7.14. The largest absolute Gasteiger partial charge is 0.304 e. The van der Waals surface area contributed by atoms with Gasteiger partial charge in [-0.15, -0.1) is 0 Å². The van der Waals surface area contributed by atoms with Crippen LogP contribution in [0.3, 0.4) is 0 Å². The molecule has 0 aliphatic carbocycles. The summed E-state index contributed by atoms with van der Waals surface area (Å²) < 4.78 is 93.8. The third-order valence-corrected chi connectivity index (χ3v) is 9.52. The molecule has 0 bridgehead atoms. The minimum atomic E-state index is -4.49. The standard InChI is InChI=1S/C27H23ClF3N3O5S2/c1-3-11-41(38,39)34(23(4-2)40(36)37)22-13-18(29)25(30)24(26(22)31)27(35)16-7-10-19-20(12-16)33-21(14-32-19)15-5-8-17(28)9-6-15/h5-10,12-14,23H,3-4,11H2,1-2H3,(H,36,37). The van der Waals surface area contributed by atoms with Crippen molar-refractivity contribution in [3.05, 3.63) is 88.3 Å². The fraction of sp³-hybridized carbons (Fsp3) is 0.222. The molecule has 216 valence electrons. The van der Waals surface area contributed by atoms with Crippen LogP contribution in [-0.2, 0) is 21.1 Å². The zero-order chi connectivity index (χ0) is 30.1. The maximum Gasteiger partial charge on any atom is 0.236 e. The van der Waals surface area contributed by atoms with Gasteiger partial charge in [-0.3, -0.25) is 9.78 Å². The molecule has 14 heteroatoms. The van der Waals surface area contributed by atoms with Crippen molar-refractivity contribution in [3.8, 4) is 11.3 Å². The summed E-state index contributed by atoms with van der Waals surface area (Å²) in [6.45, 7) is 2.87. The predicted octanol–water partition coefficient (Wildman–Crippen LogP) is 6.10. The molecule has 0 aliphatic heterocycles. The van der Waals surface area contributed by atoms with Gasteiger partial charge >= 0.3 is 0 Å². The van der Waals surface area contributed by atoms with Gasteiger partial charge in [-0.2, -0.15) is 0 Å². The summed E-state index contributed by atoms with van der Waals surface area (Å²) in [6.07, 6.45) is 1.26. The van der Waals surface area contributed by atoms with E-state index in [9.17, 15) is 26.4 Å². The highest BCUT2D eigenvalue weighted by Gasteiger charge is 2.37. The van der Waals surface area contributed by atoms with E-state index in [1.165, 1.54) is 38.2 Å². The maximum atomic E-state index is 15.9. The second-order valence-electron chi connectivity index (χ2n) is 8.93. The van der Waals surface area contributed by atoms with Crippen LogP contribution in [0.25, 0.3) is 22.3 Å². The van der Waals surface area contributed by atoms with Crippen LogP contribution in [0.1, 0.15) is 42.6 Å². The number of halogens is 4. The fourth-order valence-corrected chi connectivity index (χ4v) is 7.19. The first-order valence-corrected chi connectivity index (χ1v) is 15.4. The molecular formula is C27H23ClF3N3O5S2. The number of anilines is 1. The van der Waals surface area contributed by atoms with Crippen molar-refractivity contribution >= 4 is 55.2 Å². The normalized spacial score (nSPS) is 13.2. The van der Waals surface area contributed by atoms with Crippen molar-refractivity contribution in [2.75, 3.05) is 10.1 Å². The highest BCUT2D eigenvalue weighted by Crippen LogP contribution is 2.34. The Morgan fingerprint density at radius 2 is 1.73 bits per heavy atom. The molecule has 0 spiro atoms. The average Bonchev–Trinajstić information content (AvgIpc) is 2.93. The topological polar surface area (TPSA) is 118 Å². The van der Waals surface area contributed by atoms with Gasteiger partial charge in [-0.25, -0.2) is 35.1 Å². The molecule has 4 rings (SSSR count). The van der Waals surface area contributed by atoms with Gasteiger partial charge in [0.1, 0.15) is 5.37 Å². The van der Waals surface area contributed by atoms with Crippen molar-refractivity contribution in [1.82, 2.24) is 9.97 Å². The van der Waals surface area contributed by atoms with E-state index >= 15 is 8.78 Å². The molecule has 2 unspecified atom stereocenters. The van der Waals surface area contributed by atoms with Crippen molar-refractivity contribution in [3.63, 3.8) is 0 Å². The molecule has 0 aliphatic rings. The van der Waals surface area contributed by atoms with E-state index in [4.69, 9.17) is 11.6 Å². The quantitative estimate of drug-likeness (QED) is 0.128. The van der Waals surface area contributed by atoms with Crippen molar-refractivity contribution in [2.45, 2.75) is 32.1 Å². The third-order valence-electron chi connectivity index (χ3n) is 6.15. The number of carbonyl (C=O) groups is 1. The minimum absolute atomic E-state index is 0.0422. The fourth-order valence-electron chi connectivity index (χ4n) is 4.24. The highest BCUT2D eigenvalue weighted by molar-refractivity contribution is 7.94. The Kier molecular flexibility index (Phi) is 9.12. The van der Waals surface area contributed by atoms with E-state index in [0.29, 0.717) is 21.8 Å². The molecule has 0 fully saturated rings. The van der Waals surface area contributed by atoms with Crippen LogP contribution in [0, 0.1) is 17.5 Å². The van der Waals surface area contributed by atoms with Crippen LogP contribution in [0.4, 0.5) is 18.9 Å². The van der Waals surface area contributed by atoms with E-state index < -0.39 is 66.7 Å². The molecule has 0 amide bonds. The van der Waals surface area contributed by atoms with Gasteiger partial charge in [0.05, 0.1) is 39.9 Å². The summed E-state index contributed by atoms with van der Waals surface area (Å²) in [6, 6.07) is 10.8. The molecule has 3 aromatic carbocycles. The SMILES string of the molecule is CCCS(=O)(=O)N(c1cc(F)c(F)c(C(=O)c2ccc3ncc(-c4ccc(Cl)cc4)nc3c2)c1F)C(CC)S(=O)O. The van der Waals surface area contributed by atoms with Crippen LogP contribution < -0.4 is 4.31 Å². The Labute approximate surface area is 241 Å². The summed E-state index contributed by atoms with van der Waals surface area (Å²) in [5, 5.41) is -1.22. The molecular weight excluding hydrogens is 603 g/mol. The molecule has 41 heavy (non-hydrogen) atoms. The van der Waals surface area contributed by atoms with Crippen molar-refractivity contribution in [1.29, 1.82) is 0 Å². The number of hydrogen-bond donors (Lipinski definition) is 1. The van der Waals surface area contributed by atoms with Crippen LogP contribution in [0.15, 0.2) is 54.7 Å². The van der Waals surface area contributed by atoms with Crippen LogP contribution in [-0.4, -0.2) is 44.1 Å². The molecule has 4 aromatic rings. The third kappa shape index (κ3) is 6.13. The number of nitrogens with zero attached hydrogens (tertiary/aromatic N) is 3. The Hall–Kier alpha value is -3.39. The molecule has 1 N–H and O–H groups in total. The van der Waals surface area contributed by atoms with Crippen molar-refractivity contribution < 1.29 is 35.1 Å². The number of aromatic nitrogens is 2. The van der Waals surface area contributed by atoms with Crippen LogP contribution in [0.5, 0.6) is 0 Å². The first-order chi connectivity index (χ1) is 19.4. The molecule has 8 nitrogen and oxygen atoms in total. The smallest absolute Gasteiger partial charge is 0.236 e. The molecule has 0 saturated carbocycles. The molecule has 1 aromatic heterocycles. The van der Waals surface area contributed by atoms with Gasteiger partial charge in [0.25, 0.3) is 0 Å². The lowest BCUT2D eigenvalue weighted by molar-refractivity contribution is 0.103. The zero-order valence-corrected chi connectivity index (χ0v) is 24.0. The molecule has 0 radical (unpaired) electrons. The molecule has 0 saturated heterocycles. The van der Waals surface area contributed by atoms with E-state index in [0.717, 1.165) is 0 Å². The summed E-state index contributed by atoms with van der Waals surface area (Å²) in [4.78, 5) is 22.2. The summed E-state index contributed by atoms with van der Waals surface area (Å²) >= 11 is 3.09. The van der Waals surface area contributed by atoms with Gasteiger partial charge in [0, 0.05) is 22.2 Å². The highest BCUT2D eigenvalue weighted by atomic mass is 35.5. The summed E-state index contributed by atoms with van der Waals surface area (Å²) in [5.41, 5.74) is -1.08. The van der Waals surface area contributed by atoms with E-state index in [2.05, 4.69) is 9.97 Å². The maximum absolute atomic E-state index is 15.9. The average molecular weight is 626 g/mol. The Bertz CT molecular complexity index is 1770. The second-order valence-corrected chi connectivity index (χ2v) is 12.4. The van der Waals surface area contributed by atoms with Crippen molar-refractivity contribution in [2.24, 2.45) is 0 Å². The second kappa shape index (κ2) is 12.2. The van der Waals surface area contributed by atoms with Gasteiger partial charge in [-0.1, -0.05) is 37.6 Å². The number of benzene rings is 3. The van der Waals surface area contributed by atoms with Crippen LogP contribution in [0.2, 0.25) is 5.02 Å². The van der Waals surface area contributed by atoms with Gasteiger partial charge in [0.2, 0.25) is 10.0 Å². The lowest BCUT2D eigenvalue weighted by atomic mass is 10.00. The van der Waals surface area contributed by atoms with E-state index in [-0.39, 0.29) is 34.3 Å². The van der Waals surface area contributed by atoms with Crippen LogP contribution >= 0.6 is 11.6 Å². The predicted molar refractivity (Wildman–Crippen MR) is 151 cm³/mol. The van der Waals surface area contributed by atoms with E-state index in [1.54, 1.807) is 24.3 Å². The first-order valence-electron chi connectivity index (χ1n) is 12.3. The Morgan fingerprint density at radius 1 is 1.05 bits per heavy atom. The number of carbonyl (C=O) groups excluding carboxylic acids is 1. The molecule has 2 atom stereocenters. The number of ketones is 1. The van der Waals surface area contributed by atoms with Gasteiger partial charge < -0.3 is 4.55 Å². The lowest BCUT2D eigenvalue weighted by Crippen LogP contribution is -2.44. The number of hydrogen-bond acceptors (Lipinski definition) is 6. The Balaban J connectivity index is 1.87. The number of rotatable bonds is 10. The molecule has 1 heterocycles. The zero-order valence-electron chi connectivity index (χ0n) is 21.6. The van der Waals surface area contributed by atoms with E-state index in [1.807, 2.05) is 0 Å². The summed E-state index contributed by atoms with van der Waals surface area (Å²) in [7, 11) is -4.49. The van der Waals surface area contributed by atoms with Gasteiger partial charge in [0.15, 0.2) is 34.3 Å². The Morgan fingerprint density at radius 3 is 2.34 bits per heavy atom. The number of sulfonamides is 1. The lowest BCUT2D eigenvalue weighted by Gasteiger charge is -2.30. The van der Waals surface area contributed by atoms with Gasteiger partial charge in [-0.05, 0) is 43.2 Å². The monoisotopic (exact) mass is 625 g/mol. The minimum Gasteiger partial charge on any atom is -0.304 e. The number of fused-ring (bicyclic) bond motifs is 1.